The number of ether oxygens (including phenoxy) is 2. The number of piperazine rings is 1. The molecule has 5 heterocycles. The van der Waals surface area contributed by atoms with E-state index in [-0.39, 0.29) is 18.5 Å². The number of pyridine rings is 1. The minimum absolute atomic E-state index is 0.152. The normalized spacial score (nSPS) is 18.7. The molecule has 0 aliphatic carbocycles. The number of halogens is 1. The molecule has 1 atom stereocenters. The second-order valence-electron chi connectivity index (χ2n) is 11.1. The molecule has 3 aliphatic rings. The van der Waals surface area contributed by atoms with E-state index in [1.807, 2.05) is 30.6 Å². The Labute approximate surface area is 256 Å². The van der Waals surface area contributed by atoms with Crippen molar-refractivity contribution >= 4 is 39.8 Å². The van der Waals surface area contributed by atoms with Gasteiger partial charge in [0.15, 0.2) is 0 Å². The topological polar surface area (TPSA) is 91.5 Å². The fraction of sp³-hybridized carbons (Fsp3) is 0.452. The maximum Gasteiger partial charge on any atom is 0.318 e. The van der Waals surface area contributed by atoms with Crippen molar-refractivity contribution in [2.45, 2.75) is 25.0 Å². The van der Waals surface area contributed by atoms with Crippen LogP contribution in [0.25, 0.3) is 15.6 Å². The van der Waals surface area contributed by atoms with Crippen molar-refractivity contribution in [3.63, 3.8) is 0 Å². The van der Waals surface area contributed by atoms with E-state index < -0.39 is 0 Å². The van der Waals surface area contributed by atoms with Crippen molar-refractivity contribution in [2.24, 2.45) is 0 Å². The fourth-order valence-electron chi connectivity index (χ4n) is 5.99. The van der Waals surface area contributed by atoms with Crippen molar-refractivity contribution in [1.29, 1.82) is 0 Å². The van der Waals surface area contributed by atoms with Crippen LogP contribution >= 0.6 is 11.6 Å². The molecular formula is C31H35ClN8O3. The maximum atomic E-state index is 12.5. The van der Waals surface area contributed by atoms with Crippen LogP contribution < -0.4 is 14.5 Å². The number of carbonyl (C=O) groups excluding carboxylic acids is 1. The molecule has 2 saturated heterocycles. The first kappa shape index (κ1) is 29.1. The van der Waals surface area contributed by atoms with Crippen LogP contribution in [-0.4, -0.2) is 109 Å². The summed E-state index contributed by atoms with van der Waals surface area (Å²) in [6.07, 6.45) is 5.73. The number of hydrogen-bond acceptors (Lipinski definition) is 9. The zero-order valence-electron chi connectivity index (χ0n) is 24.3. The Kier molecular flexibility index (Phi) is 8.61. The highest BCUT2D eigenvalue weighted by Gasteiger charge is 2.35. The van der Waals surface area contributed by atoms with E-state index in [1.165, 1.54) is 6.08 Å². The van der Waals surface area contributed by atoms with Crippen LogP contribution in [0.1, 0.15) is 11.3 Å². The molecule has 6 rings (SSSR count). The maximum absolute atomic E-state index is 12.5. The van der Waals surface area contributed by atoms with E-state index in [4.69, 9.17) is 37.6 Å². The van der Waals surface area contributed by atoms with E-state index in [0.717, 1.165) is 66.3 Å². The molecule has 0 N–H and O–H groups in total. The highest BCUT2D eigenvalue weighted by Crippen LogP contribution is 2.36. The predicted octanol–water partition coefficient (Wildman–Crippen LogP) is 3.07. The van der Waals surface area contributed by atoms with E-state index in [1.54, 1.807) is 4.90 Å². The Balaban J connectivity index is 1.30. The standard InChI is InChI=1S/C31H35ClN8O3/c1-4-28(41)40-11-10-39(17-22(40)15-33-2)30-24-8-9-38(27-16-34-14-21-6-5-7-25(32)29(21)27)18-26(24)35-31(36-30)43-13-12-37(3)23-19-42-20-23/h4-7,14,16,22-23H,1,8-13,15,17-20H2,3H3/t22-/m0/s1. The number of likely N-dealkylation sites (N-methyl/N-ethyl adjacent to an activating group) is 1. The van der Waals surface area contributed by atoms with E-state index in [2.05, 4.69) is 38.2 Å². The Morgan fingerprint density at radius 3 is 2.88 bits per heavy atom. The summed E-state index contributed by atoms with van der Waals surface area (Å²) >= 11 is 6.66. The van der Waals surface area contributed by atoms with Gasteiger partial charge in [0, 0.05) is 55.3 Å². The molecule has 0 saturated carbocycles. The van der Waals surface area contributed by atoms with Crippen molar-refractivity contribution in [3.05, 3.63) is 70.9 Å². The molecule has 1 amide bonds. The lowest BCUT2D eigenvalue weighted by molar-refractivity contribution is -0.128. The molecule has 2 aromatic heterocycles. The van der Waals surface area contributed by atoms with E-state index in [9.17, 15) is 4.79 Å². The Morgan fingerprint density at radius 2 is 2.12 bits per heavy atom. The van der Waals surface area contributed by atoms with Gasteiger partial charge in [-0.15, -0.1) is 0 Å². The summed E-state index contributed by atoms with van der Waals surface area (Å²) < 4.78 is 11.5. The van der Waals surface area contributed by atoms with Gasteiger partial charge in [-0.05, 0) is 25.6 Å². The fourth-order valence-corrected chi connectivity index (χ4v) is 6.27. The Bertz CT molecular complexity index is 1550. The number of hydrogen-bond donors (Lipinski definition) is 0. The summed E-state index contributed by atoms with van der Waals surface area (Å²) in [5, 5.41) is 2.65. The molecule has 2 fully saturated rings. The van der Waals surface area contributed by atoms with Gasteiger partial charge in [0.05, 0.1) is 48.4 Å². The summed E-state index contributed by atoms with van der Waals surface area (Å²) in [6, 6.07) is 6.34. The Hall–Kier alpha value is -3.98. The lowest BCUT2D eigenvalue weighted by atomic mass is 10.0. The average molecular weight is 603 g/mol. The van der Waals surface area contributed by atoms with Crippen LogP contribution in [0.3, 0.4) is 0 Å². The number of carbonyl (C=O) groups is 1. The van der Waals surface area contributed by atoms with Crippen LogP contribution in [-0.2, 0) is 22.5 Å². The van der Waals surface area contributed by atoms with Crippen LogP contribution in [0.15, 0.2) is 43.2 Å². The summed E-state index contributed by atoms with van der Waals surface area (Å²) in [6.45, 7) is 16.9. The molecule has 0 bridgehead atoms. The van der Waals surface area contributed by atoms with Gasteiger partial charge >= 0.3 is 6.01 Å². The summed E-state index contributed by atoms with van der Waals surface area (Å²) in [4.78, 5) is 38.9. The smallest absolute Gasteiger partial charge is 0.318 e. The number of rotatable bonds is 9. The summed E-state index contributed by atoms with van der Waals surface area (Å²) in [7, 11) is 2.07. The molecule has 0 radical (unpaired) electrons. The van der Waals surface area contributed by atoms with Crippen molar-refractivity contribution in [2.75, 3.05) is 75.9 Å². The van der Waals surface area contributed by atoms with Crippen LogP contribution in [0, 0.1) is 6.57 Å². The summed E-state index contributed by atoms with van der Waals surface area (Å²) in [5.74, 6) is 0.663. The molecule has 0 unspecified atom stereocenters. The SMILES string of the molecule is [C-]#[N+]C[C@H]1CN(c2nc(OCCN(C)C3COC3)nc3c2CCN(c2cncc4cccc(Cl)c24)C3)CCN1C(=O)C=C. The van der Waals surface area contributed by atoms with Gasteiger partial charge in [0.2, 0.25) is 12.5 Å². The first-order chi connectivity index (χ1) is 21.0. The molecule has 1 aromatic carbocycles. The zero-order chi connectivity index (χ0) is 29.9. The third kappa shape index (κ3) is 5.95. The minimum atomic E-state index is -0.255. The lowest BCUT2D eigenvalue weighted by Crippen LogP contribution is -2.56. The van der Waals surface area contributed by atoms with Crippen molar-refractivity contribution < 1.29 is 14.3 Å². The second-order valence-corrected chi connectivity index (χ2v) is 11.5. The molecule has 12 heteroatoms. The third-order valence-electron chi connectivity index (χ3n) is 8.54. The average Bonchev–Trinajstić information content (AvgIpc) is 2.99. The molecule has 43 heavy (non-hydrogen) atoms. The minimum Gasteiger partial charge on any atom is -0.462 e. The van der Waals surface area contributed by atoms with Gasteiger partial charge in [-0.2, -0.15) is 9.97 Å². The van der Waals surface area contributed by atoms with Crippen LogP contribution in [0.5, 0.6) is 6.01 Å². The monoisotopic (exact) mass is 602 g/mol. The second kappa shape index (κ2) is 12.7. The lowest BCUT2D eigenvalue weighted by Gasteiger charge is -2.41. The molecule has 11 nitrogen and oxygen atoms in total. The van der Waals surface area contributed by atoms with E-state index in [0.29, 0.717) is 49.9 Å². The van der Waals surface area contributed by atoms with Crippen molar-refractivity contribution in [3.8, 4) is 6.01 Å². The van der Waals surface area contributed by atoms with Gasteiger partial charge in [0.1, 0.15) is 18.5 Å². The molecule has 3 aromatic rings. The molecule has 224 valence electrons. The molecule has 3 aliphatic heterocycles. The highest BCUT2D eigenvalue weighted by molar-refractivity contribution is 6.36. The highest BCUT2D eigenvalue weighted by atomic mass is 35.5. The van der Waals surface area contributed by atoms with Gasteiger partial charge < -0.3 is 29.0 Å². The number of fused-ring (bicyclic) bond motifs is 2. The number of amides is 1. The van der Waals surface area contributed by atoms with Crippen LogP contribution in [0.4, 0.5) is 11.5 Å². The molecular weight excluding hydrogens is 568 g/mol. The first-order valence-corrected chi connectivity index (χ1v) is 14.9. The van der Waals surface area contributed by atoms with Gasteiger partial charge in [0.25, 0.3) is 0 Å². The number of benzene rings is 1. The van der Waals surface area contributed by atoms with Gasteiger partial charge in [-0.25, -0.2) is 6.57 Å². The number of aromatic nitrogens is 3. The summed E-state index contributed by atoms with van der Waals surface area (Å²) in [5.41, 5.74) is 2.92. The van der Waals surface area contributed by atoms with Gasteiger partial charge in [-0.3, -0.25) is 14.7 Å². The number of anilines is 2. The van der Waals surface area contributed by atoms with Crippen LogP contribution in [0.2, 0.25) is 5.02 Å². The van der Waals surface area contributed by atoms with Gasteiger partial charge in [-0.1, -0.05) is 30.3 Å². The number of nitrogens with zero attached hydrogens (tertiary/aromatic N) is 8. The first-order valence-electron chi connectivity index (χ1n) is 14.6. The largest absolute Gasteiger partial charge is 0.462 e. The molecule has 0 spiro atoms. The van der Waals surface area contributed by atoms with E-state index >= 15 is 0 Å². The third-order valence-corrected chi connectivity index (χ3v) is 8.85. The van der Waals surface area contributed by atoms with Crippen molar-refractivity contribution in [1.82, 2.24) is 24.8 Å². The zero-order valence-corrected chi connectivity index (χ0v) is 25.0. The Morgan fingerprint density at radius 1 is 1.26 bits per heavy atom. The predicted molar refractivity (Wildman–Crippen MR) is 166 cm³/mol. The quantitative estimate of drug-likeness (QED) is 0.271.